The molecule has 0 aliphatic rings. The van der Waals surface area contributed by atoms with Crippen LogP contribution in [0.15, 0.2) is 54.6 Å². The number of nitrogens with one attached hydrogen (secondary N) is 1. The second-order valence-corrected chi connectivity index (χ2v) is 10.7. The minimum absolute atomic E-state index is 0.116. The van der Waals surface area contributed by atoms with E-state index >= 15 is 0 Å². The molecule has 3 rings (SSSR count). The minimum Gasteiger partial charge on any atom is -0.464 e. The highest BCUT2D eigenvalue weighted by Gasteiger charge is 2.31. The van der Waals surface area contributed by atoms with Crippen LogP contribution in [0.2, 0.25) is 0 Å². The number of carbonyl (C=O) groups is 2. The van der Waals surface area contributed by atoms with Gasteiger partial charge in [0, 0.05) is 0 Å². The molecule has 1 atom stereocenters. The highest BCUT2D eigenvalue weighted by Crippen LogP contribution is 2.47. The number of hydrogen-bond acceptors (Lipinski definition) is 12. The monoisotopic (exact) mass is 584 g/mol. The van der Waals surface area contributed by atoms with Crippen molar-refractivity contribution >= 4 is 19.5 Å². The maximum absolute atomic E-state index is 13.6. The number of carbonyl (C=O) groups excluding carboxylic acids is 2. The largest absolute Gasteiger partial charge is 0.464 e. The number of tetrazole rings is 1. The van der Waals surface area contributed by atoms with Crippen molar-refractivity contribution in [2.75, 3.05) is 32.7 Å². The molecule has 13 nitrogen and oxygen atoms in total. The Hall–Kier alpha value is -3.95. The molecule has 1 N–H and O–H groups in total. The van der Waals surface area contributed by atoms with Crippen molar-refractivity contribution < 1.29 is 32.7 Å². The van der Waals surface area contributed by atoms with Gasteiger partial charge < -0.3 is 9.47 Å². The molecule has 3 aromatic rings. The summed E-state index contributed by atoms with van der Waals surface area (Å²) in [5.74, 6) is -1.07. The molecule has 0 saturated carbocycles. The van der Waals surface area contributed by atoms with Gasteiger partial charge in [-0.25, -0.2) is 14.3 Å². The van der Waals surface area contributed by atoms with Gasteiger partial charge in [0.2, 0.25) is 0 Å². The molecule has 0 fully saturated rings. The number of nitrogens with zero attached hydrogens (tertiary/aromatic N) is 5. The smallest absolute Gasteiger partial charge is 0.345 e. The molecule has 0 bridgehead atoms. The van der Waals surface area contributed by atoms with Crippen molar-refractivity contribution in [1.82, 2.24) is 25.5 Å². The minimum atomic E-state index is -4.06. The van der Waals surface area contributed by atoms with E-state index in [1.54, 1.807) is 13.8 Å². The van der Waals surface area contributed by atoms with Crippen molar-refractivity contribution in [3.8, 4) is 17.2 Å². The van der Waals surface area contributed by atoms with Gasteiger partial charge in [-0.15, -0.1) is 5.10 Å². The Morgan fingerprint density at radius 2 is 1.59 bits per heavy atom. The van der Waals surface area contributed by atoms with Gasteiger partial charge in [-0.05, 0) is 47.4 Å². The second kappa shape index (κ2) is 16.3. The van der Waals surface area contributed by atoms with Crippen molar-refractivity contribution in [2.45, 2.75) is 39.3 Å². The van der Waals surface area contributed by atoms with E-state index in [0.29, 0.717) is 12.2 Å². The van der Waals surface area contributed by atoms with Crippen molar-refractivity contribution in [3.05, 3.63) is 66.0 Å². The number of nitriles is 1. The maximum Gasteiger partial charge on any atom is 0.345 e. The Morgan fingerprint density at radius 1 is 0.976 bits per heavy atom. The van der Waals surface area contributed by atoms with Crippen LogP contribution in [-0.2, 0) is 45.6 Å². The molecular weight excluding hydrogens is 551 g/mol. The number of ether oxygens (including phenoxy) is 2. The molecule has 1 aromatic heterocycles. The molecule has 0 saturated heterocycles. The van der Waals surface area contributed by atoms with Crippen molar-refractivity contribution in [1.29, 1.82) is 5.26 Å². The SMILES string of the molecule is CCOC(=O)COP(=O)(CN[C@@H](Cc1ccc(-c2ccccc2)cc1)c1nnnn1CCC#N)OCC(=O)OCC. The molecule has 2 aromatic carbocycles. The zero-order valence-corrected chi connectivity index (χ0v) is 23.9. The molecule has 41 heavy (non-hydrogen) atoms. The van der Waals surface area contributed by atoms with Gasteiger partial charge in [-0.3, -0.25) is 18.9 Å². The molecule has 0 radical (unpaired) electrons. The van der Waals surface area contributed by atoms with Crippen molar-refractivity contribution in [2.24, 2.45) is 0 Å². The molecular formula is C27H33N6O7P. The predicted octanol–water partition coefficient (Wildman–Crippen LogP) is 3.44. The molecule has 218 valence electrons. The van der Waals surface area contributed by atoms with Gasteiger partial charge in [-0.1, -0.05) is 54.6 Å². The van der Waals surface area contributed by atoms with Crippen molar-refractivity contribution in [3.63, 3.8) is 0 Å². The van der Waals surface area contributed by atoms with Crippen LogP contribution < -0.4 is 5.32 Å². The van der Waals surface area contributed by atoms with E-state index < -0.39 is 38.8 Å². The number of benzene rings is 2. The molecule has 1 heterocycles. The van der Waals surface area contributed by atoms with Gasteiger partial charge in [0.25, 0.3) is 0 Å². The average Bonchev–Trinajstić information content (AvgIpc) is 3.46. The lowest BCUT2D eigenvalue weighted by molar-refractivity contribution is -0.146. The normalized spacial score (nSPS) is 11.9. The first kappa shape index (κ1) is 31.6. The standard InChI is InChI=1S/C27H33N6O7P/c1-3-37-25(34)18-39-41(36,40-19-26(35)38-4-2)20-29-24(27-30-31-32-33(27)16-8-15-28)17-21-11-13-23(14-12-21)22-9-6-5-7-10-22/h5-7,9-14,24,29H,3-4,8,16-20H2,1-2H3/t24-/m0/s1. The summed E-state index contributed by atoms with van der Waals surface area (Å²) >= 11 is 0. The highest BCUT2D eigenvalue weighted by molar-refractivity contribution is 7.53. The van der Waals surface area contributed by atoms with E-state index in [1.165, 1.54) is 4.68 Å². The first-order valence-corrected chi connectivity index (χ1v) is 14.8. The summed E-state index contributed by atoms with van der Waals surface area (Å²) in [5, 5.41) is 24.1. The summed E-state index contributed by atoms with van der Waals surface area (Å²) in [6.45, 7) is 2.46. The van der Waals surface area contributed by atoms with Crippen LogP contribution in [0.4, 0.5) is 0 Å². The van der Waals surface area contributed by atoms with E-state index in [2.05, 4.69) is 26.9 Å². The fourth-order valence-electron chi connectivity index (χ4n) is 3.79. The third-order valence-electron chi connectivity index (χ3n) is 5.71. The summed E-state index contributed by atoms with van der Waals surface area (Å²) in [6.07, 6.45) is 0.168. The number of rotatable bonds is 17. The van der Waals surface area contributed by atoms with E-state index in [1.807, 2.05) is 54.6 Å². The van der Waals surface area contributed by atoms with Gasteiger partial charge in [0.15, 0.2) is 19.0 Å². The van der Waals surface area contributed by atoms with Crippen LogP contribution in [0.1, 0.15) is 37.7 Å². The summed E-state index contributed by atoms with van der Waals surface area (Å²) < 4.78 is 35.5. The highest BCUT2D eigenvalue weighted by atomic mass is 31.2. The fraction of sp³-hybridized carbons (Fsp3) is 0.407. The van der Waals surface area contributed by atoms with Gasteiger partial charge >= 0.3 is 19.5 Å². The van der Waals surface area contributed by atoms with Crippen LogP contribution in [0.25, 0.3) is 11.1 Å². The first-order chi connectivity index (χ1) is 19.9. The summed E-state index contributed by atoms with van der Waals surface area (Å²) in [7, 11) is -4.06. The van der Waals surface area contributed by atoms with Gasteiger partial charge in [0.05, 0.1) is 44.6 Å². The zero-order chi connectivity index (χ0) is 29.5. The van der Waals surface area contributed by atoms with Crippen LogP contribution in [-0.4, -0.2) is 64.9 Å². The Bertz CT molecular complexity index is 1320. The van der Waals surface area contributed by atoms with Gasteiger partial charge in [-0.2, -0.15) is 5.26 Å². The number of esters is 2. The van der Waals surface area contributed by atoms with Gasteiger partial charge in [0.1, 0.15) is 0 Å². The Balaban J connectivity index is 1.82. The van der Waals surface area contributed by atoms with Crippen LogP contribution >= 0.6 is 7.60 Å². The first-order valence-electron chi connectivity index (χ1n) is 13.1. The Morgan fingerprint density at radius 3 is 2.17 bits per heavy atom. The maximum atomic E-state index is 13.6. The third kappa shape index (κ3) is 10.2. The second-order valence-electron chi connectivity index (χ2n) is 8.62. The molecule has 0 unspecified atom stereocenters. The lowest BCUT2D eigenvalue weighted by Crippen LogP contribution is -2.29. The zero-order valence-electron chi connectivity index (χ0n) is 23.0. The number of aryl methyl sites for hydroxylation is 1. The molecule has 14 heteroatoms. The van der Waals surface area contributed by atoms with Crippen LogP contribution in [0.3, 0.4) is 0 Å². The van der Waals surface area contributed by atoms with Crippen LogP contribution in [0, 0.1) is 11.3 Å². The Labute approximate surface area is 238 Å². The van der Waals surface area contributed by atoms with E-state index in [-0.39, 0.29) is 32.5 Å². The summed E-state index contributed by atoms with van der Waals surface area (Å²) in [4.78, 5) is 23.8. The molecule has 0 aliphatic carbocycles. The molecule has 0 aliphatic heterocycles. The number of aromatic nitrogens is 4. The quantitative estimate of drug-likeness (QED) is 0.182. The third-order valence-corrected chi connectivity index (χ3v) is 7.32. The van der Waals surface area contributed by atoms with E-state index in [9.17, 15) is 14.2 Å². The van der Waals surface area contributed by atoms with E-state index in [4.69, 9.17) is 23.8 Å². The topological polar surface area (TPSA) is 168 Å². The number of hydrogen-bond donors (Lipinski definition) is 1. The molecule has 0 spiro atoms. The molecule has 0 amide bonds. The Kier molecular flexibility index (Phi) is 12.6. The van der Waals surface area contributed by atoms with E-state index in [0.717, 1.165) is 16.7 Å². The lowest BCUT2D eigenvalue weighted by atomic mass is 10.0. The lowest BCUT2D eigenvalue weighted by Gasteiger charge is -2.23. The fourth-order valence-corrected chi connectivity index (χ4v) is 5.09. The predicted molar refractivity (Wildman–Crippen MR) is 147 cm³/mol. The summed E-state index contributed by atoms with van der Waals surface area (Å²) in [6, 6.07) is 19.3. The summed E-state index contributed by atoms with van der Waals surface area (Å²) in [5.41, 5.74) is 3.04. The average molecular weight is 585 g/mol. The van der Waals surface area contributed by atoms with Crippen LogP contribution in [0.5, 0.6) is 0 Å².